The van der Waals surface area contributed by atoms with Crippen LogP contribution in [0.5, 0.6) is 0 Å². The first-order valence-corrected chi connectivity index (χ1v) is 5.37. The fourth-order valence-electron chi connectivity index (χ4n) is 1.57. The van der Waals surface area contributed by atoms with Crippen LogP contribution in [0.1, 0.15) is 36.2 Å². The average molecular weight is 216 g/mol. The number of benzene rings is 1. The van der Waals surface area contributed by atoms with E-state index in [1.54, 1.807) is 13.0 Å². The second-order valence-electron chi connectivity index (χ2n) is 3.77. The van der Waals surface area contributed by atoms with Gasteiger partial charge in [-0.15, -0.1) is 0 Å². The first-order chi connectivity index (χ1) is 7.61. The van der Waals surface area contributed by atoms with Gasteiger partial charge >= 0.3 is 0 Å². The van der Waals surface area contributed by atoms with Crippen molar-refractivity contribution in [3.8, 4) is 0 Å². The molecule has 1 aromatic carbocycles. The zero-order valence-electron chi connectivity index (χ0n) is 9.69. The average Bonchev–Trinajstić information content (AvgIpc) is 2.24. The minimum Gasteiger partial charge on any atom is -0.295 e. The van der Waals surface area contributed by atoms with Gasteiger partial charge in [-0.3, -0.25) is 9.59 Å². The Morgan fingerprint density at radius 3 is 2.50 bits per heavy atom. The van der Waals surface area contributed by atoms with Gasteiger partial charge in [0.05, 0.1) is 0 Å². The molecule has 1 rings (SSSR count). The van der Waals surface area contributed by atoms with Gasteiger partial charge in [0.15, 0.2) is 11.6 Å². The van der Waals surface area contributed by atoms with Crippen LogP contribution < -0.4 is 0 Å². The highest BCUT2D eigenvalue weighted by molar-refractivity contribution is 5.95. The summed E-state index contributed by atoms with van der Waals surface area (Å²) in [6, 6.07) is 7.59. The molecule has 0 N–H and O–H groups in total. The van der Waals surface area contributed by atoms with Crippen molar-refractivity contribution >= 4 is 11.6 Å². The van der Waals surface area contributed by atoms with Gasteiger partial charge in [-0.2, -0.15) is 0 Å². The van der Waals surface area contributed by atoms with Gasteiger partial charge in [0.1, 0.15) is 0 Å². The number of aryl methyl sites for hydroxylation is 1. The summed E-state index contributed by atoms with van der Waals surface area (Å²) < 4.78 is 0. The zero-order valence-corrected chi connectivity index (χ0v) is 9.69. The van der Waals surface area contributed by atoms with E-state index in [4.69, 9.17) is 0 Å². The van der Waals surface area contributed by atoms with Crippen molar-refractivity contribution in [1.29, 1.82) is 0 Å². The molecule has 0 aliphatic carbocycles. The van der Waals surface area contributed by atoms with E-state index in [2.05, 4.69) is 0 Å². The molecule has 0 fully saturated rings. The lowest BCUT2D eigenvalue weighted by Crippen LogP contribution is -1.98. The molecule has 0 radical (unpaired) electrons. The zero-order chi connectivity index (χ0) is 12.0. The van der Waals surface area contributed by atoms with Gasteiger partial charge in [0.2, 0.25) is 0 Å². The fourth-order valence-corrected chi connectivity index (χ4v) is 1.57. The monoisotopic (exact) mass is 216 g/mol. The third-order valence-electron chi connectivity index (χ3n) is 2.33. The minimum absolute atomic E-state index is 0.0554. The SMILES string of the molecule is CC(=O)/C=C/CCc1ccccc1C(C)=O. The van der Waals surface area contributed by atoms with E-state index in [1.807, 2.05) is 30.3 Å². The summed E-state index contributed by atoms with van der Waals surface area (Å²) in [5.74, 6) is 0.144. The lowest BCUT2D eigenvalue weighted by Gasteiger charge is -2.04. The molecule has 0 saturated carbocycles. The Morgan fingerprint density at radius 1 is 1.19 bits per heavy atom. The molecule has 0 bridgehead atoms. The summed E-state index contributed by atoms with van der Waals surface area (Å²) >= 11 is 0. The molecule has 0 amide bonds. The number of Topliss-reactive ketones (excluding diaryl/α,β-unsaturated/α-hetero) is 1. The van der Waals surface area contributed by atoms with E-state index in [0.717, 1.165) is 24.0 Å². The topological polar surface area (TPSA) is 34.1 Å². The third kappa shape index (κ3) is 3.81. The molecule has 0 aliphatic heterocycles. The molecule has 0 atom stereocenters. The van der Waals surface area contributed by atoms with Gasteiger partial charge in [-0.1, -0.05) is 30.3 Å². The second kappa shape index (κ2) is 6.01. The van der Waals surface area contributed by atoms with E-state index < -0.39 is 0 Å². The molecular weight excluding hydrogens is 200 g/mol. The maximum atomic E-state index is 11.3. The Kier molecular flexibility index (Phi) is 4.65. The van der Waals surface area contributed by atoms with Crippen LogP contribution in [0, 0.1) is 0 Å². The van der Waals surface area contributed by atoms with Crippen LogP contribution in [-0.4, -0.2) is 11.6 Å². The third-order valence-corrected chi connectivity index (χ3v) is 2.33. The molecule has 0 spiro atoms. The molecule has 0 saturated heterocycles. The summed E-state index contributed by atoms with van der Waals surface area (Å²) in [5, 5.41) is 0. The lowest BCUT2D eigenvalue weighted by atomic mass is 10.0. The maximum absolute atomic E-state index is 11.3. The minimum atomic E-state index is 0.0554. The smallest absolute Gasteiger partial charge is 0.160 e. The van der Waals surface area contributed by atoms with Crippen molar-refractivity contribution in [2.24, 2.45) is 0 Å². The van der Waals surface area contributed by atoms with E-state index in [9.17, 15) is 9.59 Å². The largest absolute Gasteiger partial charge is 0.295 e. The molecule has 0 unspecified atom stereocenters. The molecular formula is C14H16O2. The Hall–Kier alpha value is -1.70. The number of carbonyl (C=O) groups excluding carboxylic acids is 2. The van der Waals surface area contributed by atoms with Gasteiger partial charge in [-0.25, -0.2) is 0 Å². The summed E-state index contributed by atoms with van der Waals surface area (Å²) in [6.45, 7) is 3.10. The highest BCUT2D eigenvalue weighted by atomic mass is 16.1. The number of ketones is 2. The lowest BCUT2D eigenvalue weighted by molar-refractivity contribution is -0.112. The molecule has 0 aliphatic rings. The Labute approximate surface area is 96.0 Å². The van der Waals surface area contributed by atoms with Crippen molar-refractivity contribution in [2.45, 2.75) is 26.7 Å². The standard InChI is InChI=1S/C14H16O2/c1-11(15)7-3-4-8-13-9-5-6-10-14(13)12(2)16/h3,5-7,9-10H,4,8H2,1-2H3/b7-3+. The number of allylic oxidation sites excluding steroid dienone is 2. The molecule has 2 heteroatoms. The molecule has 0 aromatic heterocycles. The molecule has 1 aromatic rings. The van der Waals surface area contributed by atoms with Crippen LogP contribution in [0.25, 0.3) is 0 Å². The predicted octanol–water partition coefficient (Wildman–Crippen LogP) is 2.97. The van der Waals surface area contributed by atoms with Crippen molar-refractivity contribution in [3.05, 3.63) is 47.5 Å². The summed E-state index contributed by atoms with van der Waals surface area (Å²) in [6.07, 6.45) is 4.99. The van der Waals surface area contributed by atoms with Crippen molar-refractivity contribution in [2.75, 3.05) is 0 Å². The second-order valence-corrected chi connectivity index (χ2v) is 3.77. The van der Waals surface area contributed by atoms with Crippen LogP contribution in [0.4, 0.5) is 0 Å². The highest BCUT2D eigenvalue weighted by Crippen LogP contribution is 2.12. The molecule has 2 nitrogen and oxygen atoms in total. The number of carbonyl (C=O) groups is 2. The van der Waals surface area contributed by atoms with E-state index in [1.165, 1.54) is 6.92 Å². The molecule has 0 heterocycles. The highest BCUT2D eigenvalue weighted by Gasteiger charge is 2.04. The van der Waals surface area contributed by atoms with Crippen LogP contribution in [0.3, 0.4) is 0 Å². The van der Waals surface area contributed by atoms with Gasteiger partial charge < -0.3 is 0 Å². The normalized spacial score (nSPS) is 10.6. The van der Waals surface area contributed by atoms with E-state index in [-0.39, 0.29) is 11.6 Å². The number of rotatable bonds is 5. The van der Waals surface area contributed by atoms with Crippen LogP contribution in [0.15, 0.2) is 36.4 Å². The van der Waals surface area contributed by atoms with Crippen LogP contribution in [-0.2, 0) is 11.2 Å². The predicted molar refractivity (Wildman–Crippen MR) is 64.6 cm³/mol. The van der Waals surface area contributed by atoms with E-state index in [0.29, 0.717) is 0 Å². The number of hydrogen-bond acceptors (Lipinski definition) is 2. The summed E-state index contributed by atoms with van der Waals surface area (Å²) in [7, 11) is 0. The van der Waals surface area contributed by atoms with Gasteiger partial charge in [0.25, 0.3) is 0 Å². The van der Waals surface area contributed by atoms with Crippen molar-refractivity contribution in [3.63, 3.8) is 0 Å². The Bertz CT molecular complexity index is 416. The van der Waals surface area contributed by atoms with Crippen molar-refractivity contribution < 1.29 is 9.59 Å². The van der Waals surface area contributed by atoms with E-state index >= 15 is 0 Å². The first-order valence-electron chi connectivity index (χ1n) is 5.37. The van der Waals surface area contributed by atoms with Crippen LogP contribution >= 0.6 is 0 Å². The molecule has 16 heavy (non-hydrogen) atoms. The van der Waals surface area contributed by atoms with Crippen LogP contribution in [0.2, 0.25) is 0 Å². The summed E-state index contributed by atoms with van der Waals surface area (Å²) in [4.78, 5) is 22.0. The number of hydrogen-bond donors (Lipinski definition) is 0. The van der Waals surface area contributed by atoms with Crippen molar-refractivity contribution in [1.82, 2.24) is 0 Å². The summed E-state index contributed by atoms with van der Waals surface area (Å²) in [5.41, 5.74) is 1.82. The maximum Gasteiger partial charge on any atom is 0.160 e. The van der Waals surface area contributed by atoms with Gasteiger partial charge in [0, 0.05) is 5.56 Å². The Morgan fingerprint density at radius 2 is 1.88 bits per heavy atom. The quantitative estimate of drug-likeness (QED) is 0.560. The van der Waals surface area contributed by atoms with Gasteiger partial charge in [-0.05, 0) is 38.3 Å². The fraction of sp³-hybridized carbons (Fsp3) is 0.286. The Balaban J connectivity index is 2.67. The first kappa shape index (κ1) is 12.4. The molecule has 84 valence electrons.